The van der Waals surface area contributed by atoms with E-state index in [1.165, 1.54) is 27.4 Å². The lowest BCUT2D eigenvalue weighted by Crippen LogP contribution is -2.44. The van der Waals surface area contributed by atoms with Gasteiger partial charge in [-0.1, -0.05) is 12.1 Å². The third-order valence-electron chi connectivity index (χ3n) is 5.45. The molecule has 32 heavy (non-hydrogen) atoms. The van der Waals surface area contributed by atoms with Gasteiger partial charge in [-0.2, -0.15) is 4.31 Å². The second-order valence-corrected chi connectivity index (χ2v) is 9.72. The Bertz CT molecular complexity index is 1160. The summed E-state index contributed by atoms with van der Waals surface area (Å²) in [5.41, 5.74) is 2.82. The topological polar surface area (TPSA) is 105 Å². The van der Waals surface area contributed by atoms with Crippen LogP contribution < -0.4 is 15.0 Å². The van der Waals surface area contributed by atoms with Crippen LogP contribution in [-0.4, -0.2) is 64.0 Å². The predicted molar refractivity (Wildman–Crippen MR) is 118 cm³/mol. The normalized spacial score (nSPS) is 16.9. The van der Waals surface area contributed by atoms with Crippen molar-refractivity contribution in [3.63, 3.8) is 0 Å². The van der Waals surface area contributed by atoms with E-state index in [2.05, 4.69) is 5.32 Å². The highest BCUT2D eigenvalue weighted by Crippen LogP contribution is 2.35. The lowest BCUT2D eigenvalue weighted by Gasteiger charge is -2.30. The van der Waals surface area contributed by atoms with Gasteiger partial charge in [0.15, 0.2) is 6.61 Å². The predicted octanol–water partition coefficient (Wildman–Crippen LogP) is 1.69. The van der Waals surface area contributed by atoms with Gasteiger partial charge in [-0.15, -0.1) is 0 Å². The van der Waals surface area contributed by atoms with E-state index < -0.39 is 15.9 Å². The number of nitrogens with zero attached hydrogens (tertiary/aromatic N) is 2. The maximum Gasteiger partial charge on any atom is 0.265 e. The maximum atomic E-state index is 13.0. The van der Waals surface area contributed by atoms with E-state index in [0.717, 1.165) is 11.1 Å². The Kier molecular flexibility index (Phi) is 6.18. The van der Waals surface area contributed by atoms with Gasteiger partial charge in [0, 0.05) is 18.8 Å². The average molecular weight is 460 g/mol. The standard InChI is InChI=1S/C22H25N3O6S/c1-15-3-4-16(2)18(11-15)23-21(26)13-25-19-12-17(5-6-20(19)31-14-22(25)27)32(28,29)24-7-9-30-10-8-24/h3-6,11-12H,7-10,13-14H2,1-2H3,(H,23,26). The molecule has 2 aliphatic heterocycles. The van der Waals surface area contributed by atoms with Crippen molar-refractivity contribution >= 4 is 33.2 Å². The van der Waals surface area contributed by atoms with Crippen LogP contribution in [0.1, 0.15) is 11.1 Å². The molecule has 0 bridgehead atoms. The maximum absolute atomic E-state index is 13.0. The number of morpholine rings is 1. The van der Waals surface area contributed by atoms with E-state index in [4.69, 9.17) is 9.47 Å². The summed E-state index contributed by atoms with van der Waals surface area (Å²) >= 11 is 0. The molecule has 0 aliphatic carbocycles. The Labute approximate surface area is 187 Å². The van der Waals surface area contributed by atoms with Gasteiger partial charge in [0.2, 0.25) is 15.9 Å². The molecule has 0 radical (unpaired) electrons. The molecule has 0 saturated carbocycles. The zero-order valence-electron chi connectivity index (χ0n) is 18.0. The van der Waals surface area contributed by atoms with Gasteiger partial charge in [-0.3, -0.25) is 14.5 Å². The summed E-state index contributed by atoms with van der Waals surface area (Å²) in [4.78, 5) is 26.6. The van der Waals surface area contributed by atoms with Crippen LogP contribution in [0, 0.1) is 13.8 Å². The van der Waals surface area contributed by atoms with Crippen molar-refractivity contribution < 1.29 is 27.5 Å². The largest absolute Gasteiger partial charge is 0.482 e. The minimum Gasteiger partial charge on any atom is -0.482 e. The second kappa shape index (κ2) is 8.89. The summed E-state index contributed by atoms with van der Waals surface area (Å²) in [7, 11) is -3.76. The highest BCUT2D eigenvalue weighted by Gasteiger charge is 2.32. The van der Waals surface area contributed by atoms with Crippen molar-refractivity contribution in [2.75, 3.05) is 49.7 Å². The second-order valence-electron chi connectivity index (χ2n) is 7.78. The van der Waals surface area contributed by atoms with Crippen molar-refractivity contribution in [3.8, 4) is 5.75 Å². The Morgan fingerprint density at radius 1 is 1.09 bits per heavy atom. The van der Waals surface area contributed by atoms with Gasteiger partial charge < -0.3 is 14.8 Å². The molecule has 2 heterocycles. The smallest absolute Gasteiger partial charge is 0.265 e. The molecule has 1 N–H and O–H groups in total. The Morgan fingerprint density at radius 2 is 1.84 bits per heavy atom. The van der Waals surface area contributed by atoms with E-state index >= 15 is 0 Å². The Hall–Kier alpha value is -2.95. The molecular weight excluding hydrogens is 434 g/mol. The summed E-state index contributed by atoms with van der Waals surface area (Å²) in [5, 5.41) is 2.83. The van der Waals surface area contributed by atoms with Crippen LogP contribution in [0.4, 0.5) is 11.4 Å². The molecule has 10 heteroatoms. The molecule has 4 rings (SSSR count). The zero-order chi connectivity index (χ0) is 22.9. The number of hydrogen-bond donors (Lipinski definition) is 1. The number of ether oxygens (including phenoxy) is 2. The highest BCUT2D eigenvalue weighted by atomic mass is 32.2. The molecule has 2 aliphatic rings. The fourth-order valence-electron chi connectivity index (χ4n) is 3.66. The average Bonchev–Trinajstić information content (AvgIpc) is 2.78. The molecule has 1 saturated heterocycles. The van der Waals surface area contributed by atoms with Crippen molar-refractivity contribution in [1.29, 1.82) is 0 Å². The summed E-state index contributed by atoms with van der Waals surface area (Å²) in [6.45, 7) is 4.50. The molecule has 0 aromatic heterocycles. The van der Waals surface area contributed by atoms with Gasteiger partial charge in [0.25, 0.3) is 5.91 Å². The van der Waals surface area contributed by atoms with Gasteiger partial charge in [-0.05, 0) is 49.2 Å². The molecule has 2 amide bonds. The van der Waals surface area contributed by atoms with Gasteiger partial charge in [0.05, 0.1) is 23.8 Å². The van der Waals surface area contributed by atoms with Gasteiger partial charge in [-0.25, -0.2) is 8.42 Å². The molecule has 0 atom stereocenters. The number of carbonyl (C=O) groups is 2. The summed E-state index contributed by atoms with van der Waals surface area (Å²) < 4.78 is 38.1. The summed E-state index contributed by atoms with van der Waals surface area (Å²) in [6.07, 6.45) is 0. The van der Waals surface area contributed by atoms with Crippen LogP contribution in [0.3, 0.4) is 0 Å². The quantitative estimate of drug-likeness (QED) is 0.730. The number of hydrogen-bond acceptors (Lipinski definition) is 6. The fraction of sp³-hybridized carbons (Fsp3) is 0.364. The van der Waals surface area contributed by atoms with E-state index in [-0.39, 0.29) is 42.7 Å². The summed E-state index contributed by atoms with van der Waals surface area (Å²) in [6, 6.07) is 10.1. The first-order chi connectivity index (χ1) is 15.3. The molecule has 1 fully saturated rings. The number of fused-ring (bicyclic) bond motifs is 1. The number of sulfonamides is 1. The minimum atomic E-state index is -3.76. The Balaban J connectivity index is 1.59. The van der Waals surface area contributed by atoms with Gasteiger partial charge in [0.1, 0.15) is 12.3 Å². The fourth-order valence-corrected chi connectivity index (χ4v) is 5.08. The van der Waals surface area contributed by atoms with E-state index in [1.54, 1.807) is 0 Å². The first-order valence-electron chi connectivity index (χ1n) is 10.3. The van der Waals surface area contributed by atoms with E-state index in [9.17, 15) is 18.0 Å². The molecule has 2 aromatic rings. The molecule has 0 unspecified atom stereocenters. The number of benzene rings is 2. The monoisotopic (exact) mass is 459 g/mol. The summed E-state index contributed by atoms with van der Waals surface area (Å²) in [5.74, 6) is -0.457. The third kappa shape index (κ3) is 4.47. The lowest BCUT2D eigenvalue weighted by atomic mass is 10.1. The molecular formula is C22H25N3O6S. The lowest BCUT2D eigenvalue weighted by molar-refractivity contribution is -0.123. The molecule has 9 nitrogen and oxygen atoms in total. The van der Waals surface area contributed by atoms with Crippen LogP contribution in [0.25, 0.3) is 0 Å². The first kappa shape index (κ1) is 22.3. The van der Waals surface area contributed by atoms with Crippen molar-refractivity contribution in [1.82, 2.24) is 4.31 Å². The van der Waals surface area contributed by atoms with Crippen LogP contribution >= 0.6 is 0 Å². The molecule has 2 aromatic carbocycles. The van der Waals surface area contributed by atoms with Crippen molar-refractivity contribution in [2.45, 2.75) is 18.7 Å². The van der Waals surface area contributed by atoms with Crippen LogP contribution in [-0.2, 0) is 24.3 Å². The number of anilines is 2. The number of amides is 2. The van der Waals surface area contributed by atoms with Gasteiger partial charge >= 0.3 is 0 Å². The number of aryl methyl sites for hydroxylation is 2. The molecule has 0 spiro atoms. The minimum absolute atomic E-state index is 0.0383. The van der Waals surface area contributed by atoms with E-state index in [0.29, 0.717) is 24.7 Å². The van der Waals surface area contributed by atoms with Crippen molar-refractivity contribution in [3.05, 3.63) is 47.5 Å². The van der Waals surface area contributed by atoms with E-state index in [1.807, 2.05) is 32.0 Å². The number of rotatable bonds is 5. The zero-order valence-corrected chi connectivity index (χ0v) is 18.8. The third-order valence-corrected chi connectivity index (χ3v) is 7.34. The van der Waals surface area contributed by atoms with Crippen LogP contribution in [0.2, 0.25) is 0 Å². The molecule has 170 valence electrons. The number of nitrogens with one attached hydrogen (secondary N) is 1. The van der Waals surface area contributed by atoms with Crippen molar-refractivity contribution in [2.24, 2.45) is 0 Å². The number of carbonyl (C=O) groups excluding carboxylic acids is 2. The SMILES string of the molecule is Cc1ccc(C)c(NC(=O)CN2C(=O)COc3ccc(S(=O)(=O)N4CCOCC4)cc32)c1. The first-order valence-corrected chi connectivity index (χ1v) is 11.7. The highest BCUT2D eigenvalue weighted by molar-refractivity contribution is 7.89. The van der Waals surface area contributed by atoms with Crippen LogP contribution in [0.5, 0.6) is 5.75 Å². The Morgan fingerprint density at radius 3 is 2.59 bits per heavy atom. The van der Waals surface area contributed by atoms with Crippen LogP contribution in [0.15, 0.2) is 41.3 Å².